The van der Waals surface area contributed by atoms with Gasteiger partial charge in [-0.1, -0.05) is 0 Å². The van der Waals surface area contributed by atoms with Crippen molar-refractivity contribution in [2.75, 3.05) is 5.32 Å². The third-order valence-corrected chi connectivity index (χ3v) is 4.03. The lowest BCUT2D eigenvalue weighted by Gasteiger charge is -2.09. The number of aryl methyl sites for hydroxylation is 2. The molecular weight excluding hydrogens is 282 g/mol. The molecule has 116 valence electrons. The summed E-state index contributed by atoms with van der Waals surface area (Å²) in [4.78, 5) is 22.3. The van der Waals surface area contributed by atoms with Gasteiger partial charge in [0.15, 0.2) is 0 Å². The highest BCUT2D eigenvalue weighted by Crippen LogP contribution is 2.33. The first-order valence-electron chi connectivity index (χ1n) is 7.69. The largest absolute Gasteiger partial charge is 0.481 e. The highest BCUT2D eigenvalue weighted by molar-refractivity contribution is 5.94. The Morgan fingerprint density at radius 3 is 2.82 bits per heavy atom. The first kappa shape index (κ1) is 14.6. The minimum atomic E-state index is -0.876. The molecule has 5 heteroatoms. The molecule has 1 aliphatic carbocycles. The molecule has 0 atom stereocenters. The number of aliphatic carboxylic acids is 1. The summed E-state index contributed by atoms with van der Waals surface area (Å²) in [5.74, 6) is 0.0448. The Labute approximate surface area is 128 Å². The van der Waals surface area contributed by atoms with Gasteiger partial charge in [-0.15, -0.1) is 0 Å². The van der Waals surface area contributed by atoms with Gasteiger partial charge in [-0.25, -0.2) is 0 Å². The summed E-state index contributed by atoms with van der Waals surface area (Å²) in [6, 6.07) is 5.67. The van der Waals surface area contributed by atoms with Gasteiger partial charge in [0.05, 0.1) is 0 Å². The molecule has 2 aromatic rings. The number of fused-ring (bicyclic) bond motifs is 3. The van der Waals surface area contributed by atoms with Crippen molar-refractivity contribution in [3.8, 4) is 0 Å². The van der Waals surface area contributed by atoms with Crippen LogP contribution in [0, 0.1) is 0 Å². The lowest BCUT2D eigenvalue weighted by molar-refractivity contribution is -0.137. The average molecular weight is 301 g/mol. The highest BCUT2D eigenvalue weighted by atomic mass is 16.4. The van der Waals surface area contributed by atoms with Crippen LogP contribution in [0.1, 0.15) is 43.4 Å². The van der Waals surface area contributed by atoms with Gasteiger partial charge < -0.3 is 14.8 Å². The molecule has 0 unspecified atom stereocenters. The van der Waals surface area contributed by atoms with Gasteiger partial charge >= 0.3 is 5.97 Å². The van der Waals surface area contributed by atoms with Gasteiger partial charge in [0.25, 0.3) is 0 Å². The van der Waals surface area contributed by atoms with Crippen molar-refractivity contribution in [2.45, 2.75) is 44.9 Å². The van der Waals surface area contributed by atoms with Crippen molar-refractivity contribution >= 4 is 28.5 Å². The maximum atomic E-state index is 11.8. The molecule has 0 fully saturated rings. The van der Waals surface area contributed by atoms with E-state index in [1.807, 2.05) is 18.2 Å². The number of carbonyl (C=O) groups is 2. The summed E-state index contributed by atoms with van der Waals surface area (Å²) < 4.78 is 5.86. The second kappa shape index (κ2) is 6.22. The summed E-state index contributed by atoms with van der Waals surface area (Å²) in [6.07, 6.45) is 4.94. The van der Waals surface area contributed by atoms with E-state index < -0.39 is 5.97 Å². The van der Waals surface area contributed by atoms with E-state index in [-0.39, 0.29) is 18.7 Å². The molecule has 0 radical (unpaired) electrons. The average Bonchev–Trinajstić information content (AvgIpc) is 2.85. The van der Waals surface area contributed by atoms with Crippen molar-refractivity contribution in [3.05, 3.63) is 29.5 Å². The van der Waals surface area contributed by atoms with Gasteiger partial charge in [0.1, 0.15) is 11.3 Å². The van der Waals surface area contributed by atoms with Crippen molar-refractivity contribution in [2.24, 2.45) is 0 Å². The number of carboxylic acid groups (broad SMARTS) is 1. The second-order valence-electron chi connectivity index (χ2n) is 5.72. The van der Waals surface area contributed by atoms with Crippen LogP contribution in [0.15, 0.2) is 22.6 Å². The Morgan fingerprint density at radius 2 is 2.00 bits per heavy atom. The van der Waals surface area contributed by atoms with Crippen molar-refractivity contribution in [1.29, 1.82) is 0 Å². The van der Waals surface area contributed by atoms with Gasteiger partial charge in [-0.05, 0) is 43.9 Å². The molecule has 2 N–H and O–H groups in total. The molecule has 1 aromatic carbocycles. The highest BCUT2D eigenvalue weighted by Gasteiger charge is 2.18. The van der Waals surface area contributed by atoms with E-state index >= 15 is 0 Å². The Balaban J connectivity index is 1.72. The second-order valence-corrected chi connectivity index (χ2v) is 5.72. The van der Waals surface area contributed by atoms with Gasteiger partial charge in [0, 0.05) is 35.9 Å². The SMILES string of the molecule is O=C(O)CCCC(=O)Nc1ccc2oc3c(c2c1)CCCC3. The van der Waals surface area contributed by atoms with E-state index in [4.69, 9.17) is 9.52 Å². The number of nitrogens with one attached hydrogen (secondary N) is 1. The van der Waals surface area contributed by atoms with Crippen molar-refractivity contribution in [1.82, 2.24) is 0 Å². The zero-order valence-electron chi connectivity index (χ0n) is 12.4. The van der Waals surface area contributed by atoms with Crippen LogP contribution in [0.5, 0.6) is 0 Å². The maximum Gasteiger partial charge on any atom is 0.303 e. The Hall–Kier alpha value is -2.30. The van der Waals surface area contributed by atoms with Crippen LogP contribution in [0.25, 0.3) is 11.0 Å². The first-order valence-corrected chi connectivity index (χ1v) is 7.69. The fourth-order valence-electron chi connectivity index (χ4n) is 2.96. The minimum Gasteiger partial charge on any atom is -0.481 e. The fourth-order valence-corrected chi connectivity index (χ4v) is 2.96. The number of carbonyl (C=O) groups excluding carboxylic acids is 1. The lowest BCUT2D eigenvalue weighted by atomic mass is 9.96. The van der Waals surface area contributed by atoms with Crippen LogP contribution >= 0.6 is 0 Å². The lowest BCUT2D eigenvalue weighted by Crippen LogP contribution is -2.11. The smallest absolute Gasteiger partial charge is 0.303 e. The van der Waals surface area contributed by atoms with E-state index in [2.05, 4.69) is 5.32 Å². The summed E-state index contributed by atoms with van der Waals surface area (Å²) in [5, 5.41) is 12.5. The third kappa shape index (κ3) is 3.13. The van der Waals surface area contributed by atoms with E-state index in [1.165, 1.54) is 18.4 Å². The summed E-state index contributed by atoms with van der Waals surface area (Å²) in [5.41, 5.74) is 2.88. The summed E-state index contributed by atoms with van der Waals surface area (Å²) in [6.45, 7) is 0. The molecule has 0 saturated carbocycles. The molecular formula is C17H19NO4. The number of amides is 1. The number of furan rings is 1. The van der Waals surface area contributed by atoms with Crippen LogP contribution in [-0.2, 0) is 22.4 Å². The van der Waals surface area contributed by atoms with E-state index in [0.29, 0.717) is 6.42 Å². The van der Waals surface area contributed by atoms with Crippen LogP contribution in [0.2, 0.25) is 0 Å². The van der Waals surface area contributed by atoms with E-state index in [9.17, 15) is 9.59 Å². The molecule has 22 heavy (non-hydrogen) atoms. The zero-order valence-corrected chi connectivity index (χ0v) is 12.4. The minimum absolute atomic E-state index is 0.0156. The van der Waals surface area contributed by atoms with Crippen molar-refractivity contribution < 1.29 is 19.1 Å². The zero-order chi connectivity index (χ0) is 15.5. The van der Waals surface area contributed by atoms with Crippen molar-refractivity contribution in [3.63, 3.8) is 0 Å². The number of rotatable bonds is 5. The molecule has 1 aliphatic rings. The molecule has 1 heterocycles. The van der Waals surface area contributed by atoms with E-state index in [1.54, 1.807) is 0 Å². The number of hydrogen-bond donors (Lipinski definition) is 2. The monoisotopic (exact) mass is 301 g/mol. The quantitative estimate of drug-likeness (QED) is 0.885. The Kier molecular flexibility index (Phi) is 4.13. The van der Waals surface area contributed by atoms with Crippen LogP contribution < -0.4 is 5.32 Å². The molecule has 5 nitrogen and oxygen atoms in total. The summed E-state index contributed by atoms with van der Waals surface area (Å²) >= 11 is 0. The molecule has 0 saturated heterocycles. The van der Waals surface area contributed by atoms with Gasteiger partial charge in [0.2, 0.25) is 5.91 Å². The molecule has 1 amide bonds. The van der Waals surface area contributed by atoms with Gasteiger partial charge in [-0.3, -0.25) is 9.59 Å². The molecule has 1 aromatic heterocycles. The van der Waals surface area contributed by atoms with Crippen LogP contribution in [0.3, 0.4) is 0 Å². The predicted octanol–water partition coefficient (Wildman–Crippen LogP) is 3.51. The third-order valence-electron chi connectivity index (χ3n) is 4.03. The molecule has 0 bridgehead atoms. The fraction of sp³-hybridized carbons (Fsp3) is 0.412. The molecule has 0 spiro atoms. The van der Waals surface area contributed by atoms with Crippen LogP contribution in [0.4, 0.5) is 5.69 Å². The van der Waals surface area contributed by atoms with E-state index in [0.717, 1.165) is 35.3 Å². The standard InChI is InChI=1S/C17H19NO4/c19-16(6-3-7-17(20)21)18-11-8-9-15-13(10-11)12-4-1-2-5-14(12)22-15/h8-10H,1-7H2,(H,18,19)(H,20,21). The number of hydrogen-bond acceptors (Lipinski definition) is 3. The van der Waals surface area contributed by atoms with Gasteiger partial charge in [-0.2, -0.15) is 0 Å². The number of anilines is 1. The first-order chi connectivity index (χ1) is 10.6. The number of carboxylic acids is 1. The Bertz CT molecular complexity index is 717. The number of benzene rings is 1. The normalized spacial score (nSPS) is 13.8. The summed E-state index contributed by atoms with van der Waals surface area (Å²) in [7, 11) is 0. The molecule has 0 aliphatic heterocycles. The van der Waals surface area contributed by atoms with Crippen LogP contribution in [-0.4, -0.2) is 17.0 Å². The predicted molar refractivity (Wildman–Crippen MR) is 83.0 cm³/mol. The maximum absolute atomic E-state index is 11.8. The topological polar surface area (TPSA) is 79.5 Å². The Morgan fingerprint density at radius 1 is 1.18 bits per heavy atom. The molecule has 3 rings (SSSR count).